The van der Waals surface area contributed by atoms with E-state index in [0.717, 1.165) is 77.4 Å². The Kier molecular flexibility index (Phi) is 4.65. The highest BCUT2D eigenvalue weighted by molar-refractivity contribution is 5.77. The molecule has 0 aromatic heterocycles. The van der Waals surface area contributed by atoms with E-state index >= 15 is 0 Å². The van der Waals surface area contributed by atoms with Gasteiger partial charge in [-0.25, -0.2) is 4.79 Å². The van der Waals surface area contributed by atoms with Crippen molar-refractivity contribution in [2.75, 3.05) is 52.9 Å². The van der Waals surface area contributed by atoms with Gasteiger partial charge < -0.3 is 14.7 Å². The first kappa shape index (κ1) is 17.1. The summed E-state index contributed by atoms with van der Waals surface area (Å²) in [6.07, 6.45) is 7.34. The lowest BCUT2D eigenvalue weighted by atomic mass is 9.86. The second kappa shape index (κ2) is 6.78. The van der Waals surface area contributed by atoms with Crippen LogP contribution in [0.2, 0.25) is 0 Å². The van der Waals surface area contributed by atoms with Gasteiger partial charge in [-0.1, -0.05) is 0 Å². The molecule has 0 N–H and O–H groups in total. The summed E-state index contributed by atoms with van der Waals surface area (Å²) in [6.45, 7) is 6.13. The lowest BCUT2D eigenvalue weighted by Gasteiger charge is -2.49. The van der Waals surface area contributed by atoms with Crippen molar-refractivity contribution in [2.45, 2.75) is 50.5 Å². The Balaban J connectivity index is 1.44. The van der Waals surface area contributed by atoms with Crippen LogP contribution in [0.4, 0.5) is 4.79 Å². The van der Waals surface area contributed by atoms with Crippen LogP contribution in [0.5, 0.6) is 0 Å². The van der Waals surface area contributed by atoms with Crippen LogP contribution in [-0.2, 0) is 4.79 Å². The zero-order valence-corrected chi connectivity index (χ0v) is 15.6. The van der Waals surface area contributed by atoms with Crippen LogP contribution < -0.4 is 0 Å². The summed E-state index contributed by atoms with van der Waals surface area (Å²) in [5.41, 5.74) is -0.0262. The van der Waals surface area contributed by atoms with Gasteiger partial charge in [-0.15, -0.1) is 0 Å². The minimum Gasteiger partial charge on any atom is -0.342 e. The molecule has 1 atom stereocenters. The number of carbonyl (C=O) groups excluding carboxylic acids is 2. The summed E-state index contributed by atoms with van der Waals surface area (Å²) in [4.78, 5) is 34.0. The molecule has 4 rings (SSSR count). The van der Waals surface area contributed by atoms with Crippen molar-refractivity contribution in [1.29, 1.82) is 0 Å². The van der Waals surface area contributed by atoms with Gasteiger partial charge >= 0.3 is 6.03 Å². The maximum absolute atomic E-state index is 12.9. The summed E-state index contributed by atoms with van der Waals surface area (Å²) in [5, 5.41) is 0. The molecule has 3 aliphatic heterocycles. The van der Waals surface area contributed by atoms with E-state index in [2.05, 4.69) is 21.7 Å². The molecule has 0 bridgehead atoms. The van der Waals surface area contributed by atoms with Crippen molar-refractivity contribution < 1.29 is 9.59 Å². The van der Waals surface area contributed by atoms with Gasteiger partial charge in [0.2, 0.25) is 5.91 Å². The normalized spacial score (nSPS) is 31.7. The largest absolute Gasteiger partial charge is 0.342 e. The topological polar surface area (TPSA) is 47.1 Å². The Morgan fingerprint density at radius 1 is 1.04 bits per heavy atom. The van der Waals surface area contributed by atoms with Gasteiger partial charge in [0.1, 0.15) is 0 Å². The molecule has 1 saturated carbocycles. The molecule has 3 saturated heterocycles. The lowest BCUT2D eigenvalue weighted by Crippen LogP contribution is -2.63. The number of rotatable bonds is 2. The van der Waals surface area contributed by atoms with Crippen molar-refractivity contribution in [3.63, 3.8) is 0 Å². The molecule has 6 nitrogen and oxygen atoms in total. The molecule has 0 radical (unpaired) electrons. The number of carbonyl (C=O) groups is 2. The van der Waals surface area contributed by atoms with E-state index in [1.165, 1.54) is 12.8 Å². The van der Waals surface area contributed by atoms with Crippen LogP contribution in [0.3, 0.4) is 0 Å². The molecular formula is C19H32N4O2. The molecule has 1 spiro atoms. The molecular weight excluding hydrogens is 316 g/mol. The minimum atomic E-state index is -0.0262. The maximum Gasteiger partial charge on any atom is 0.320 e. The third-order valence-corrected chi connectivity index (χ3v) is 6.83. The van der Waals surface area contributed by atoms with E-state index in [9.17, 15) is 9.59 Å². The standard InChI is InChI=1S/C19H32N4O2/c1-20-12-13-23(18(25)21-9-2-3-10-21)15-19(20)7-6-17(24)22(11-8-19)14-16-4-5-16/h16H,2-15H2,1H3/t19-/m0/s1. The Bertz CT molecular complexity index is 530. The Hall–Kier alpha value is -1.30. The molecule has 4 aliphatic rings. The number of hydrogen-bond acceptors (Lipinski definition) is 3. The van der Waals surface area contributed by atoms with Gasteiger partial charge in [-0.3, -0.25) is 9.69 Å². The average molecular weight is 348 g/mol. The van der Waals surface area contributed by atoms with Crippen LogP contribution in [0.1, 0.15) is 44.9 Å². The second-order valence-electron chi connectivity index (χ2n) is 8.58. The van der Waals surface area contributed by atoms with Gasteiger partial charge in [-0.2, -0.15) is 0 Å². The fourth-order valence-corrected chi connectivity index (χ4v) is 4.77. The monoisotopic (exact) mass is 348 g/mol. The molecule has 0 aromatic rings. The third-order valence-electron chi connectivity index (χ3n) is 6.83. The number of urea groups is 1. The number of hydrogen-bond donors (Lipinski definition) is 0. The highest BCUT2D eigenvalue weighted by Crippen LogP contribution is 2.35. The van der Waals surface area contributed by atoms with Crippen molar-refractivity contribution in [1.82, 2.24) is 19.6 Å². The van der Waals surface area contributed by atoms with Crippen LogP contribution >= 0.6 is 0 Å². The van der Waals surface area contributed by atoms with E-state index in [1.807, 2.05) is 4.90 Å². The highest BCUT2D eigenvalue weighted by Gasteiger charge is 2.44. The number of likely N-dealkylation sites (tertiary alicyclic amines) is 2. The molecule has 3 heterocycles. The van der Waals surface area contributed by atoms with Gasteiger partial charge in [0.15, 0.2) is 0 Å². The van der Waals surface area contributed by atoms with Crippen LogP contribution in [0, 0.1) is 5.92 Å². The first-order chi connectivity index (χ1) is 12.1. The van der Waals surface area contributed by atoms with Gasteiger partial charge in [0.25, 0.3) is 0 Å². The SMILES string of the molecule is CN1CCN(C(=O)N2CCCC2)C[C@@]12CCC(=O)N(CC1CC1)CC2. The summed E-state index contributed by atoms with van der Waals surface area (Å²) >= 11 is 0. The van der Waals surface area contributed by atoms with Gasteiger partial charge in [-0.05, 0) is 51.5 Å². The number of nitrogens with zero attached hydrogens (tertiary/aromatic N) is 4. The molecule has 3 amide bonds. The molecule has 0 unspecified atom stereocenters. The number of piperazine rings is 1. The summed E-state index contributed by atoms with van der Waals surface area (Å²) < 4.78 is 0. The van der Waals surface area contributed by atoms with Crippen molar-refractivity contribution in [3.8, 4) is 0 Å². The summed E-state index contributed by atoms with van der Waals surface area (Å²) in [6, 6.07) is 0.218. The zero-order valence-electron chi connectivity index (χ0n) is 15.6. The van der Waals surface area contributed by atoms with E-state index in [0.29, 0.717) is 12.3 Å². The molecule has 0 aromatic carbocycles. The molecule has 4 fully saturated rings. The van der Waals surface area contributed by atoms with E-state index in [1.54, 1.807) is 0 Å². The van der Waals surface area contributed by atoms with Crippen molar-refractivity contribution in [2.24, 2.45) is 5.92 Å². The summed E-state index contributed by atoms with van der Waals surface area (Å²) in [7, 11) is 2.18. The maximum atomic E-state index is 12.9. The second-order valence-corrected chi connectivity index (χ2v) is 8.58. The lowest BCUT2D eigenvalue weighted by molar-refractivity contribution is -0.130. The Morgan fingerprint density at radius 3 is 2.52 bits per heavy atom. The highest BCUT2D eigenvalue weighted by atomic mass is 16.2. The zero-order chi connectivity index (χ0) is 17.4. The van der Waals surface area contributed by atoms with Crippen LogP contribution in [0.25, 0.3) is 0 Å². The van der Waals surface area contributed by atoms with Gasteiger partial charge in [0, 0.05) is 57.8 Å². The number of likely N-dealkylation sites (N-methyl/N-ethyl adjacent to an activating group) is 1. The Morgan fingerprint density at radius 2 is 1.80 bits per heavy atom. The molecule has 1 aliphatic carbocycles. The fraction of sp³-hybridized carbons (Fsp3) is 0.895. The van der Waals surface area contributed by atoms with Crippen LogP contribution in [0.15, 0.2) is 0 Å². The first-order valence-corrected chi connectivity index (χ1v) is 10.1. The van der Waals surface area contributed by atoms with Crippen LogP contribution in [-0.4, -0.2) is 89.9 Å². The molecule has 6 heteroatoms. The van der Waals surface area contributed by atoms with E-state index < -0.39 is 0 Å². The molecule has 140 valence electrons. The predicted octanol–water partition coefficient (Wildman–Crippen LogP) is 1.61. The smallest absolute Gasteiger partial charge is 0.320 e. The van der Waals surface area contributed by atoms with E-state index in [-0.39, 0.29) is 11.6 Å². The van der Waals surface area contributed by atoms with Gasteiger partial charge in [0.05, 0.1) is 0 Å². The quantitative estimate of drug-likeness (QED) is 0.762. The Labute approximate surface area is 151 Å². The number of amides is 3. The fourth-order valence-electron chi connectivity index (χ4n) is 4.77. The average Bonchev–Trinajstić information content (AvgIpc) is 3.30. The summed E-state index contributed by atoms with van der Waals surface area (Å²) in [5.74, 6) is 1.07. The molecule has 25 heavy (non-hydrogen) atoms. The van der Waals surface area contributed by atoms with Crippen molar-refractivity contribution >= 4 is 11.9 Å². The first-order valence-electron chi connectivity index (χ1n) is 10.1. The minimum absolute atomic E-state index is 0.0262. The van der Waals surface area contributed by atoms with Crippen molar-refractivity contribution in [3.05, 3.63) is 0 Å². The third kappa shape index (κ3) is 3.50. The van der Waals surface area contributed by atoms with E-state index in [4.69, 9.17) is 0 Å². The predicted molar refractivity (Wildman–Crippen MR) is 96.3 cm³/mol.